The first-order valence-corrected chi connectivity index (χ1v) is 6.72. The number of allylic oxidation sites excluding steroid dienone is 1. The predicted molar refractivity (Wildman–Crippen MR) is 77.6 cm³/mol. The zero-order valence-corrected chi connectivity index (χ0v) is 12.0. The van der Waals surface area contributed by atoms with Gasteiger partial charge in [0.1, 0.15) is 6.79 Å². The van der Waals surface area contributed by atoms with Crippen LogP contribution in [0.1, 0.15) is 25.8 Å². The van der Waals surface area contributed by atoms with Gasteiger partial charge in [0.25, 0.3) is 0 Å². The molecule has 0 saturated heterocycles. The Morgan fingerprint density at radius 3 is 2.68 bits per heavy atom. The molecule has 2 nitrogen and oxygen atoms in total. The molecule has 0 N–H and O–H groups in total. The van der Waals surface area contributed by atoms with Crippen LogP contribution < -0.4 is 0 Å². The second-order valence-electron chi connectivity index (χ2n) is 5.58. The summed E-state index contributed by atoms with van der Waals surface area (Å²) in [5, 5.41) is 0. The molecule has 1 saturated carbocycles. The number of hydrogen-bond donors (Lipinski definition) is 0. The third-order valence-corrected chi connectivity index (χ3v) is 3.98. The monoisotopic (exact) mass is 258 g/mol. The summed E-state index contributed by atoms with van der Waals surface area (Å²) in [6.07, 6.45) is 3.14. The van der Waals surface area contributed by atoms with Crippen molar-refractivity contribution >= 4 is 6.08 Å². The second kappa shape index (κ2) is 6.21. The van der Waals surface area contributed by atoms with Crippen LogP contribution in [0.2, 0.25) is 0 Å². The van der Waals surface area contributed by atoms with Gasteiger partial charge in [-0.25, -0.2) is 0 Å². The molecule has 0 aromatic heterocycles. The van der Waals surface area contributed by atoms with Gasteiger partial charge in [-0.05, 0) is 35.0 Å². The van der Waals surface area contributed by atoms with E-state index in [-0.39, 0.29) is 5.41 Å². The third-order valence-electron chi connectivity index (χ3n) is 3.98. The zero-order chi connectivity index (χ0) is 13.7. The quantitative estimate of drug-likeness (QED) is 0.453. The Morgan fingerprint density at radius 1 is 1.32 bits per heavy atom. The molecule has 0 heterocycles. The number of benzene rings is 1. The summed E-state index contributed by atoms with van der Waals surface area (Å²) in [6.45, 7) is 5.67. The third kappa shape index (κ3) is 3.36. The van der Waals surface area contributed by atoms with E-state index in [4.69, 9.17) is 9.47 Å². The average molecular weight is 258 g/mol. The maximum atomic E-state index is 5.46. The topological polar surface area (TPSA) is 18.5 Å². The van der Waals surface area contributed by atoms with Crippen LogP contribution in [0.15, 0.2) is 41.6 Å². The molecular weight excluding hydrogens is 236 g/mol. The molecule has 2 heteroatoms. The molecule has 0 spiro atoms. The van der Waals surface area contributed by atoms with E-state index in [1.165, 1.54) is 11.1 Å². The molecular formula is C17H22O2. The minimum absolute atomic E-state index is 0.180. The standard InChI is InChI=1S/C17H22O2/c1-17(2)15(11-16(17)12-19-13-18-3)10-9-14-7-5-4-6-8-14/h4-9,16H,11-13H2,1-3H3. The van der Waals surface area contributed by atoms with Crippen LogP contribution >= 0.6 is 0 Å². The number of methoxy groups -OCH3 is 1. The number of hydrogen-bond acceptors (Lipinski definition) is 2. The van der Waals surface area contributed by atoms with Gasteiger partial charge in [-0.2, -0.15) is 0 Å². The molecule has 19 heavy (non-hydrogen) atoms. The van der Waals surface area contributed by atoms with Crippen LogP contribution in [0.5, 0.6) is 0 Å². The van der Waals surface area contributed by atoms with Crippen molar-refractivity contribution in [1.29, 1.82) is 0 Å². The van der Waals surface area contributed by atoms with Gasteiger partial charge < -0.3 is 9.47 Å². The molecule has 0 aliphatic heterocycles. The van der Waals surface area contributed by atoms with Gasteiger partial charge in [-0.15, -0.1) is 5.73 Å². The first-order valence-electron chi connectivity index (χ1n) is 6.72. The Bertz CT molecular complexity index is 467. The smallest absolute Gasteiger partial charge is 0.146 e. The predicted octanol–water partition coefficient (Wildman–Crippen LogP) is 3.89. The summed E-state index contributed by atoms with van der Waals surface area (Å²) in [6, 6.07) is 10.3. The number of ether oxygens (including phenoxy) is 2. The highest BCUT2D eigenvalue weighted by Crippen LogP contribution is 2.50. The van der Waals surface area contributed by atoms with Crippen molar-refractivity contribution < 1.29 is 9.47 Å². The Kier molecular flexibility index (Phi) is 4.60. The van der Waals surface area contributed by atoms with Crippen molar-refractivity contribution in [2.45, 2.75) is 20.3 Å². The molecule has 2 rings (SSSR count). The molecule has 1 aliphatic carbocycles. The molecule has 1 atom stereocenters. The minimum atomic E-state index is 0.180. The molecule has 1 aromatic rings. The van der Waals surface area contributed by atoms with Crippen molar-refractivity contribution in [1.82, 2.24) is 0 Å². The van der Waals surface area contributed by atoms with Crippen molar-refractivity contribution in [3.05, 3.63) is 47.2 Å². The van der Waals surface area contributed by atoms with E-state index < -0.39 is 0 Å². The van der Waals surface area contributed by atoms with E-state index in [0.29, 0.717) is 12.7 Å². The van der Waals surface area contributed by atoms with Crippen LogP contribution in [0.25, 0.3) is 6.08 Å². The molecule has 1 fully saturated rings. The van der Waals surface area contributed by atoms with Gasteiger partial charge in [0, 0.05) is 7.11 Å². The summed E-state index contributed by atoms with van der Waals surface area (Å²) >= 11 is 0. The molecule has 1 aromatic carbocycles. The van der Waals surface area contributed by atoms with Gasteiger partial charge in [0.15, 0.2) is 0 Å². The highest BCUT2D eigenvalue weighted by molar-refractivity contribution is 5.50. The van der Waals surface area contributed by atoms with Crippen LogP contribution in [0, 0.1) is 11.3 Å². The maximum Gasteiger partial charge on any atom is 0.146 e. The lowest BCUT2D eigenvalue weighted by atomic mass is 9.59. The van der Waals surface area contributed by atoms with Crippen molar-refractivity contribution in [3.8, 4) is 0 Å². The van der Waals surface area contributed by atoms with Crippen molar-refractivity contribution in [3.63, 3.8) is 0 Å². The average Bonchev–Trinajstić information content (AvgIpc) is 2.42. The summed E-state index contributed by atoms with van der Waals surface area (Å²) in [5.74, 6) is 0.564. The van der Waals surface area contributed by atoms with E-state index >= 15 is 0 Å². The largest absolute Gasteiger partial charge is 0.359 e. The van der Waals surface area contributed by atoms with Crippen LogP contribution in [0.4, 0.5) is 0 Å². The van der Waals surface area contributed by atoms with Gasteiger partial charge in [-0.1, -0.05) is 44.2 Å². The maximum absolute atomic E-state index is 5.46. The van der Waals surface area contributed by atoms with Crippen molar-refractivity contribution in [2.24, 2.45) is 11.3 Å². The molecule has 102 valence electrons. The van der Waals surface area contributed by atoms with Gasteiger partial charge in [-0.3, -0.25) is 0 Å². The normalized spacial score (nSPS) is 20.6. The minimum Gasteiger partial charge on any atom is -0.359 e. The van der Waals surface area contributed by atoms with Gasteiger partial charge >= 0.3 is 0 Å². The van der Waals surface area contributed by atoms with Crippen LogP contribution in [-0.4, -0.2) is 20.5 Å². The molecule has 1 aliphatic rings. The first kappa shape index (κ1) is 14.1. The second-order valence-corrected chi connectivity index (χ2v) is 5.58. The van der Waals surface area contributed by atoms with Gasteiger partial charge in [0.05, 0.1) is 6.61 Å². The Labute approximate surface area is 115 Å². The van der Waals surface area contributed by atoms with E-state index in [9.17, 15) is 0 Å². The van der Waals surface area contributed by atoms with Gasteiger partial charge in [0.2, 0.25) is 0 Å². The highest BCUT2D eigenvalue weighted by atomic mass is 16.7. The fourth-order valence-corrected chi connectivity index (χ4v) is 2.39. The first-order chi connectivity index (χ1) is 9.14. The molecule has 0 bridgehead atoms. The Balaban J connectivity index is 1.99. The lowest BCUT2D eigenvalue weighted by molar-refractivity contribution is -0.0659. The van der Waals surface area contributed by atoms with E-state index in [1.807, 2.05) is 18.2 Å². The lowest BCUT2D eigenvalue weighted by Gasteiger charge is -2.46. The molecule has 0 radical (unpaired) electrons. The summed E-state index contributed by atoms with van der Waals surface area (Å²) < 4.78 is 10.4. The SMILES string of the molecule is COCOCC1CC(=C=Cc2ccccc2)C1(C)C. The van der Waals surface area contributed by atoms with E-state index in [0.717, 1.165) is 13.0 Å². The Hall–Kier alpha value is -1.34. The molecule has 1 unspecified atom stereocenters. The zero-order valence-electron chi connectivity index (χ0n) is 12.0. The van der Waals surface area contributed by atoms with Crippen molar-refractivity contribution in [2.75, 3.05) is 20.5 Å². The van der Waals surface area contributed by atoms with Crippen LogP contribution in [0.3, 0.4) is 0 Å². The lowest BCUT2D eigenvalue weighted by Crippen LogP contribution is -2.40. The molecule has 0 amide bonds. The van der Waals surface area contributed by atoms with E-state index in [2.05, 4.69) is 37.8 Å². The van der Waals surface area contributed by atoms with Crippen LogP contribution in [-0.2, 0) is 9.47 Å². The summed E-state index contributed by atoms with van der Waals surface area (Å²) in [7, 11) is 1.65. The van der Waals surface area contributed by atoms with E-state index in [1.54, 1.807) is 7.11 Å². The Morgan fingerprint density at radius 2 is 2.05 bits per heavy atom. The fraction of sp³-hybridized carbons (Fsp3) is 0.471. The fourth-order valence-electron chi connectivity index (χ4n) is 2.39. The summed E-state index contributed by atoms with van der Waals surface area (Å²) in [5.41, 5.74) is 6.21. The highest BCUT2D eigenvalue weighted by Gasteiger charge is 2.43. The summed E-state index contributed by atoms with van der Waals surface area (Å²) in [4.78, 5) is 0. The number of rotatable bonds is 5.